The van der Waals surface area contributed by atoms with Crippen molar-refractivity contribution >= 4 is 26.4 Å². The van der Waals surface area contributed by atoms with E-state index in [1.54, 1.807) is 0 Å². The van der Waals surface area contributed by atoms with Crippen LogP contribution < -0.4 is 10.6 Å². The van der Waals surface area contributed by atoms with Gasteiger partial charge >= 0.3 is 0 Å². The lowest BCUT2D eigenvalue weighted by Crippen LogP contribution is -2.30. The molecule has 3 rings (SSSR count). The van der Waals surface area contributed by atoms with Crippen LogP contribution in [0.4, 0.5) is 10.1 Å². The molecule has 0 aliphatic carbocycles. The van der Waals surface area contributed by atoms with Crippen molar-refractivity contribution in [2.45, 2.75) is 85.2 Å². The fraction of sp³-hybridized carbons (Fsp3) is 0.464. The number of hydrogen-bond acceptors (Lipinski definition) is 4. The Labute approximate surface area is 217 Å². The molecule has 1 aliphatic rings. The number of unbranched alkanes of at least 4 members (excludes halogenated alkanes) is 1. The SMILES string of the molecule is CC/C=C1/N=CC(NC(C)c2cccc(NC(=O)c3cnc(C(C)F)[nH]3)c2)P/C1=C\CCC.CCC. The molecule has 4 unspecified atom stereocenters. The number of imidazole rings is 1. The second-order valence-corrected chi connectivity index (χ2v) is 10.2. The second-order valence-electron chi connectivity index (χ2n) is 8.78. The number of benzene rings is 1. The van der Waals surface area contributed by atoms with Gasteiger partial charge in [0, 0.05) is 17.9 Å². The van der Waals surface area contributed by atoms with Crippen LogP contribution in [0.1, 0.15) is 101 Å². The Morgan fingerprint density at radius 2 is 1.97 bits per heavy atom. The normalized spacial score (nSPS) is 19.7. The molecular formula is C28H41FN5OP. The number of nitrogens with one attached hydrogen (secondary N) is 3. The van der Waals surface area contributed by atoms with Crippen LogP contribution in [0.15, 0.2) is 58.6 Å². The van der Waals surface area contributed by atoms with E-state index >= 15 is 0 Å². The minimum absolute atomic E-state index is 0.0704. The molecule has 6 nitrogen and oxygen atoms in total. The molecule has 0 radical (unpaired) electrons. The van der Waals surface area contributed by atoms with E-state index in [9.17, 15) is 9.18 Å². The third kappa shape index (κ3) is 9.11. The van der Waals surface area contributed by atoms with Gasteiger partial charge in [0.2, 0.25) is 0 Å². The molecule has 0 saturated heterocycles. The molecule has 1 aromatic heterocycles. The molecule has 0 bridgehead atoms. The van der Waals surface area contributed by atoms with Crippen LogP contribution >= 0.6 is 8.58 Å². The van der Waals surface area contributed by atoms with Crippen molar-refractivity contribution in [3.63, 3.8) is 0 Å². The van der Waals surface area contributed by atoms with Gasteiger partial charge in [0.1, 0.15) is 11.5 Å². The molecule has 1 amide bonds. The van der Waals surface area contributed by atoms with Gasteiger partial charge in [-0.25, -0.2) is 9.37 Å². The third-order valence-corrected chi connectivity index (χ3v) is 6.67. The summed E-state index contributed by atoms with van der Waals surface area (Å²) in [4.78, 5) is 23.8. The highest BCUT2D eigenvalue weighted by Gasteiger charge is 2.20. The van der Waals surface area contributed by atoms with Crippen molar-refractivity contribution in [1.29, 1.82) is 0 Å². The first kappa shape index (κ1) is 29.6. The summed E-state index contributed by atoms with van der Waals surface area (Å²) in [7, 11) is 0.617. The number of anilines is 1. The zero-order valence-corrected chi connectivity index (χ0v) is 23.4. The van der Waals surface area contributed by atoms with Crippen LogP contribution in [0.25, 0.3) is 0 Å². The topological polar surface area (TPSA) is 82.2 Å². The molecular weight excluding hydrogens is 472 g/mol. The maximum absolute atomic E-state index is 13.4. The third-order valence-electron chi connectivity index (χ3n) is 5.28. The second kappa shape index (κ2) is 15.5. The van der Waals surface area contributed by atoms with E-state index in [0.717, 1.165) is 30.5 Å². The highest BCUT2D eigenvalue weighted by Crippen LogP contribution is 2.39. The van der Waals surface area contributed by atoms with Gasteiger partial charge in [-0.3, -0.25) is 15.1 Å². The summed E-state index contributed by atoms with van der Waals surface area (Å²) in [5.74, 6) is -0.0403. The van der Waals surface area contributed by atoms with Gasteiger partial charge in [-0.05, 0) is 49.7 Å². The molecule has 2 heterocycles. The maximum Gasteiger partial charge on any atom is 0.273 e. The predicted molar refractivity (Wildman–Crippen MR) is 152 cm³/mol. The average molecular weight is 514 g/mol. The predicted octanol–water partition coefficient (Wildman–Crippen LogP) is 7.83. The van der Waals surface area contributed by atoms with Crippen LogP contribution in [0.2, 0.25) is 0 Å². The molecule has 196 valence electrons. The number of amides is 1. The van der Waals surface area contributed by atoms with Crippen molar-refractivity contribution < 1.29 is 9.18 Å². The number of nitrogens with zero attached hydrogens (tertiary/aromatic N) is 2. The molecule has 1 aliphatic heterocycles. The van der Waals surface area contributed by atoms with E-state index in [-0.39, 0.29) is 29.3 Å². The van der Waals surface area contributed by atoms with Crippen LogP contribution in [-0.4, -0.2) is 27.9 Å². The van der Waals surface area contributed by atoms with Crippen molar-refractivity contribution in [2.24, 2.45) is 4.99 Å². The van der Waals surface area contributed by atoms with Crippen LogP contribution in [0, 0.1) is 0 Å². The highest BCUT2D eigenvalue weighted by atomic mass is 31.1. The molecule has 0 fully saturated rings. The van der Waals surface area contributed by atoms with E-state index in [1.165, 1.54) is 24.9 Å². The number of carbonyl (C=O) groups excluding carboxylic acids is 1. The standard InChI is InChI=1S/C25H33FN5OP.C3H8/c1-5-7-12-22-20(9-6-2)27-15-23(33-22)29-17(4)18-10-8-11-19(13-18)30-25(32)21-14-28-24(31-21)16(3)26;1-3-2/h8-17,23,29,33H,5-7H2,1-4H3,(H,28,31)(H,30,32);3H2,1-2H3/b20-9+,22-12-;. The van der Waals surface area contributed by atoms with E-state index < -0.39 is 6.17 Å². The largest absolute Gasteiger partial charge is 0.336 e. The quantitative estimate of drug-likeness (QED) is 0.299. The number of carbonyl (C=O) groups is 1. The summed E-state index contributed by atoms with van der Waals surface area (Å²) in [5.41, 5.74) is 3.06. The Balaban J connectivity index is 0.00000145. The minimum atomic E-state index is -1.25. The Bertz CT molecular complexity index is 1060. The van der Waals surface area contributed by atoms with Crippen LogP contribution in [-0.2, 0) is 0 Å². The molecule has 0 saturated carbocycles. The Hall–Kier alpha value is -2.63. The lowest BCUT2D eigenvalue weighted by molar-refractivity contribution is 0.102. The number of H-pyrrole nitrogens is 1. The summed E-state index contributed by atoms with van der Waals surface area (Å²) in [6.45, 7) is 12.1. The zero-order valence-electron chi connectivity index (χ0n) is 22.4. The average Bonchev–Trinajstić information content (AvgIpc) is 3.36. The first-order chi connectivity index (χ1) is 17.3. The van der Waals surface area contributed by atoms with E-state index in [1.807, 2.05) is 30.5 Å². The Morgan fingerprint density at radius 3 is 2.61 bits per heavy atom. The lowest BCUT2D eigenvalue weighted by Gasteiger charge is -2.25. The number of allylic oxidation sites excluding steroid dienone is 3. The van der Waals surface area contributed by atoms with Crippen molar-refractivity contribution in [1.82, 2.24) is 15.3 Å². The zero-order chi connectivity index (χ0) is 26.5. The maximum atomic E-state index is 13.4. The molecule has 8 heteroatoms. The van der Waals surface area contributed by atoms with E-state index in [4.69, 9.17) is 4.99 Å². The lowest BCUT2D eigenvalue weighted by atomic mass is 10.1. The van der Waals surface area contributed by atoms with Crippen molar-refractivity contribution in [3.8, 4) is 0 Å². The first-order valence-corrected chi connectivity index (χ1v) is 14.0. The van der Waals surface area contributed by atoms with Crippen molar-refractivity contribution in [3.05, 3.63) is 70.7 Å². The molecule has 4 atom stereocenters. The number of rotatable bonds is 9. The first-order valence-electron chi connectivity index (χ1n) is 12.9. The number of alkyl halides is 1. The number of halogens is 1. The number of hydrogen-bond donors (Lipinski definition) is 3. The van der Waals surface area contributed by atoms with E-state index in [0.29, 0.717) is 14.3 Å². The monoisotopic (exact) mass is 513 g/mol. The number of aromatic nitrogens is 2. The molecule has 36 heavy (non-hydrogen) atoms. The minimum Gasteiger partial charge on any atom is -0.336 e. The van der Waals surface area contributed by atoms with Gasteiger partial charge < -0.3 is 10.3 Å². The van der Waals surface area contributed by atoms with Crippen molar-refractivity contribution in [2.75, 3.05) is 5.32 Å². The van der Waals surface area contributed by atoms with Crippen LogP contribution in [0.3, 0.4) is 0 Å². The molecule has 1 aromatic carbocycles. The molecule has 0 spiro atoms. The number of aromatic amines is 1. The fourth-order valence-electron chi connectivity index (χ4n) is 3.50. The van der Waals surface area contributed by atoms with Gasteiger partial charge in [0.15, 0.2) is 6.17 Å². The van der Waals surface area contributed by atoms with Gasteiger partial charge in [0.05, 0.1) is 17.7 Å². The summed E-state index contributed by atoms with van der Waals surface area (Å²) in [6, 6.07) is 7.80. The van der Waals surface area contributed by atoms with Gasteiger partial charge in [-0.15, -0.1) is 0 Å². The van der Waals surface area contributed by atoms with Crippen LogP contribution in [0.5, 0.6) is 0 Å². The molecule has 2 aromatic rings. The van der Waals surface area contributed by atoms with E-state index in [2.05, 4.69) is 67.4 Å². The van der Waals surface area contributed by atoms with Gasteiger partial charge in [-0.1, -0.05) is 73.4 Å². The Morgan fingerprint density at radius 1 is 1.22 bits per heavy atom. The smallest absolute Gasteiger partial charge is 0.273 e. The van der Waals surface area contributed by atoms with Gasteiger partial charge in [0.25, 0.3) is 5.91 Å². The number of aliphatic imine (C=N–C) groups is 1. The Kier molecular flexibility index (Phi) is 12.7. The highest BCUT2D eigenvalue weighted by molar-refractivity contribution is 7.45. The summed E-state index contributed by atoms with van der Waals surface area (Å²) in [5, 5.41) is 7.84. The van der Waals surface area contributed by atoms with Gasteiger partial charge in [-0.2, -0.15) is 0 Å². The summed E-state index contributed by atoms with van der Waals surface area (Å²) < 4.78 is 13.4. The summed E-state index contributed by atoms with van der Waals surface area (Å²) in [6.07, 6.45) is 11.0. The fourth-order valence-corrected chi connectivity index (χ4v) is 4.89. The molecule has 3 N–H and O–H groups in total. The summed E-state index contributed by atoms with van der Waals surface area (Å²) >= 11 is 0.